The topological polar surface area (TPSA) is 116 Å². The molecule has 0 spiro atoms. The third-order valence-electron chi connectivity index (χ3n) is 5.75. The summed E-state index contributed by atoms with van der Waals surface area (Å²) in [4.78, 5) is 50.0. The Kier molecular flexibility index (Phi) is 8.84. The number of carbonyl (C=O) groups excluding carboxylic acids is 4. The van der Waals surface area contributed by atoms with Crippen molar-refractivity contribution in [3.63, 3.8) is 0 Å². The maximum atomic E-state index is 13.2. The van der Waals surface area contributed by atoms with Crippen molar-refractivity contribution in [2.45, 2.75) is 13.8 Å². The molecule has 0 aliphatic heterocycles. The summed E-state index contributed by atoms with van der Waals surface area (Å²) in [6.45, 7) is 2.67. The van der Waals surface area contributed by atoms with Crippen molar-refractivity contribution < 1.29 is 19.2 Å². The van der Waals surface area contributed by atoms with E-state index in [1.54, 1.807) is 36.4 Å². The molecule has 0 heterocycles. The van der Waals surface area contributed by atoms with Gasteiger partial charge in [0, 0.05) is 36.0 Å². The molecule has 0 atom stereocenters. The first kappa shape index (κ1) is 27.5. The number of hydrogen-bond acceptors (Lipinski definition) is 4. The number of anilines is 2. The van der Waals surface area contributed by atoms with Crippen LogP contribution < -0.4 is 21.3 Å². The van der Waals surface area contributed by atoms with E-state index in [1.165, 1.54) is 13.8 Å². The molecule has 40 heavy (non-hydrogen) atoms. The van der Waals surface area contributed by atoms with Crippen molar-refractivity contribution >= 4 is 57.9 Å². The molecule has 0 saturated carbocycles. The van der Waals surface area contributed by atoms with Gasteiger partial charge in [-0.25, -0.2) is 0 Å². The predicted octanol–water partition coefficient (Wildman–Crippen LogP) is 5.07. The largest absolute Gasteiger partial charge is 0.322 e. The second-order valence-electron chi connectivity index (χ2n) is 8.91. The molecule has 4 aromatic carbocycles. The van der Waals surface area contributed by atoms with Crippen LogP contribution in [-0.2, 0) is 19.2 Å². The Morgan fingerprint density at radius 3 is 1.23 bits per heavy atom. The monoisotopic (exact) mass is 532 g/mol. The molecule has 4 N–H and O–H groups in total. The standard InChI is InChI=1S/C32H28N4O4/c1-21(37)33-29(19-23-11-5-3-6-12-23)31(39)35-27-17-9-16-26-25(27)15-10-18-28(26)36-32(40)30(34-22(2)38)20-24-13-7-4-8-14-24/h3-20H,1-2H3,(H,33,37)(H,34,38)(H,35,39)(H,36,40)/b29-19-,30-20-. The molecule has 0 radical (unpaired) electrons. The Bertz CT molecular complexity index is 1500. The van der Waals surface area contributed by atoms with Gasteiger partial charge < -0.3 is 21.3 Å². The lowest BCUT2D eigenvalue weighted by atomic mass is 10.1. The van der Waals surface area contributed by atoms with Gasteiger partial charge in [0.25, 0.3) is 11.8 Å². The highest BCUT2D eigenvalue weighted by atomic mass is 16.2. The molecule has 0 fully saturated rings. The summed E-state index contributed by atoms with van der Waals surface area (Å²) in [5, 5.41) is 12.3. The van der Waals surface area contributed by atoms with Crippen LogP contribution in [0.15, 0.2) is 108 Å². The SMILES string of the molecule is CC(=O)N/C(=C\c1ccccc1)C(=O)Nc1cccc2c(NC(=O)/C(=C/c3ccccc3)NC(C)=O)cccc12. The highest BCUT2D eigenvalue weighted by Crippen LogP contribution is 2.30. The first-order valence-electron chi connectivity index (χ1n) is 12.5. The van der Waals surface area contributed by atoms with Gasteiger partial charge in [-0.05, 0) is 35.4 Å². The van der Waals surface area contributed by atoms with Crippen LogP contribution in [0, 0.1) is 0 Å². The summed E-state index contributed by atoms with van der Waals surface area (Å²) in [6, 6.07) is 28.9. The number of benzene rings is 4. The molecular weight excluding hydrogens is 504 g/mol. The lowest BCUT2D eigenvalue weighted by molar-refractivity contribution is -0.120. The minimum atomic E-state index is -0.500. The zero-order valence-corrected chi connectivity index (χ0v) is 22.0. The van der Waals surface area contributed by atoms with E-state index in [0.29, 0.717) is 22.1 Å². The maximum absolute atomic E-state index is 13.2. The Morgan fingerprint density at radius 1 is 0.500 bits per heavy atom. The normalized spacial score (nSPS) is 11.4. The third kappa shape index (κ3) is 7.29. The molecule has 0 aliphatic carbocycles. The number of fused-ring (bicyclic) bond motifs is 1. The van der Waals surface area contributed by atoms with Gasteiger partial charge in [0.15, 0.2) is 0 Å². The Balaban J connectivity index is 1.63. The van der Waals surface area contributed by atoms with Gasteiger partial charge in [-0.2, -0.15) is 0 Å². The molecule has 8 nitrogen and oxygen atoms in total. The zero-order chi connectivity index (χ0) is 28.5. The molecule has 8 heteroatoms. The second-order valence-corrected chi connectivity index (χ2v) is 8.91. The van der Waals surface area contributed by atoms with Crippen molar-refractivity contribution in [1.29, 1.82) is 0 Å². The fraction of sp³-hybridized carbons (Fsp3) is 0.0625. The van der Waals surface area contributed by atoms with Crippen molar-refractivity contribution in [2.24, 2.45) is 0 Å². The Hall–Kier alpha value is -5.50. The van der Waals surface area contributed by atoms with E-state index in [-0.39, 0.29) is 23.2 Å². The highest BCUT2D eigenvalue weighted by Gasteiger charge is 2.16. The van der Waals surface area contributed by atoms with Crippen molar-refractivity contribution in [3.8, 4) is 0 Å². The summed E-state index contributed by atoms with van der Waals surface area (Å²) >= 11 is 0. The Labute approximate surface area is 231 Å². The van der Waals surface area contributed by atoms with Crippen LogP contribution in [0.3, 0.4) is 0 Å². The summed E-state index contributed by atoms with van der Waals surface area (Å²) in [6.07, 6.45) is 3.19. The van der Waals surface area contributed by atoms with E-state index in [9.17, 15) is 19.2 Å². The van der Waals surface area contributed by atoms with Gasteiger partial charge in [0.2, 0.25) is 11.8 Å². The molecule has 4 amide bonds. The number of hydrogen-bond donors (Lipinski definition) is 4. The molecule has 0 bridgehead atoms. The maximum Gasteiger partial charge on any atom is 0.272 e. The molecule has 4 rings (SSSR count). The van der Waals surface area contributed by atoms with Crippen LogP contribution in [0.1, 0.15) is 25.0 Å². The van der Waals surface area contributed by atoms with E-state index < -0.39 is 11.8 Å². The average molecular weight is 533 g/mol. The lowest BCUT2D eigenvalue weighted by Crippen LogP contribution is -2.29. The molecule has 0 saturated heterocycles. The van der Waals surface area contributed by atoms with Crippen LogP contribution >= 0.6 is 0 Å². The van der Waals surface area contributed by atoms with Crippen molar-refractivity contribution in [1.82, 2.24) is 10.6 Å². The van der Waals surface area contributed by atoms with Gasteiger partial charge in [-0.1, -0.05) is 84.9 Å². The summed E-state index contributed by atoms with van der Waals surface area (Å²) in [5.41, 5.74) is 2.66. The summed E-state index contributed by atoms with van der Waals surface area (Å²) in [7, 11) is 0. The van der Waals surface area contributed by atoms with E-state index in [4.69, 9.17) is 0 Å². The van der Waals surface area contributed by atoms with E-state index >= 15 is 0 Å². The lowest BCUT2D eigenvalue weighted by Gasteiger charge is -2.15. The van der Waals surface area contributed by atoms with Crippen LogP contribution in [0.25, 0.3) is 22.9 Å². The van der Waals surface area contributed by atoms with Crippen molar-refractivity contribution in [2.75, 3.05) is 10.6 Å². The average Bonchev–Trinajstić information content (AvgIpc) is 2.93. The van der Waals surface area contributed by atoms with Gasteiger partial charge in [0.05, 0.1) is 0 Å². The van der Waals surface area contributed by atoms with E-state index in [0.717, 1.165) is 11.1 Å². The van der Waals surface area contributed by atoms with Crippen LogP contribution in [-0.4, -0.2) is 23.6 Å². The van der Waals surface area contributed by atoms with Crippen LogP contribution in [0.5, 0.6) is 0 Å². The highest BCUT2D eigenvalue weighted by molar-refractivity contribution is 6.16. The third-order valence-corrected chi connectivity index (χ3v) is 5.75. The number of rotatable bonds is 8. The quantitative estimate of drug-likeness (QED) is 0.237. The van der Waals surface area contributed by atoms with Gasteiger partial charge in [-0.15, -0.1) is 0 Å². The molecule has 4 aromatic rings. The molecule has 0 aliphatic rings. The van der Waals surface area contributed by atoms with E-state index in [2.05, 4.69) is 21.3 Å². The minimum Gasteiger partial charge on any atom is -0.322 e. The number of amides is 4. The Morgan fingerprint density at radius 2 is 0.875 bits per heavy atom. The smallest absolute Gasteiger partial charge is 0.272 e. The molecule has 200 valence electrons. The second kappa shape index (κ2) is 12.8. The zero-order valence-electron chi connectivity index (χ0n) is 22.0. The van der Waals surface area contributed by atoms with E-state index in [1.807, 2.05) is 72.8 Å². The van der Waals surface area contributed by atoms with Gasteiger partial charge in [0.1, 0.15) is 11.4 Å². The fourth-order valence-electron chi connectivity index (χ4n) is 4.04. The summed E-state index contributed by atoms with van der Waals surface area (Å²) in [5.74, 6) is -1.75. The van der Waals surface area contributed by atoms with Crippen LogP contribution in [0.4, 0.5) is 11.4 Å². The number of nitrogens with one attached hydrogen (secondary N) is 4. The first-order valence-corrected chi connectivity index (χ1v) is 12.5. The minimum absolute atomic E-state index is 0.0890. The first-order chi connectivity index (χ1) is 19.3. The molecular formula is C32H28N4O4. The van der Waals surface area contributed by atoms with Crippen molar-refractivity contribution in [3.05, 3.63) is 120 Å². The molecule has 0 aromatic heterocycles. The fourth-order valence-corrected chi connectivity index (χ4v) is 4.04. The van der Waals surface area contributed by atoms with Gasteiger partial charge >= 0.3 is 0 Å². The summed E-state index contributed by atoms with van der Waals surface area (Å²) < 4.78 is 0. The molecule has 0 unspecified atom stereocenters. The van der Waals surface area contributed by atoms with Crippen LogP contribution in [0.2, 0.25) is 0 Å². The number of carbonyl (C=O) groups is 4. The van der Waals surface area contributed by atoms with Gasteiger partial charge in [-0.3, -0.25) is 19.2 Å². The predicted molar refractivity (Wildman–Crippen MR) is 158 cm³/mol.